The van der Waals surface area contributed by atoms with Gasteiger partial charge in [0.2, 0.25) is 0 Å². The highest BCUT2D eigenvalue weighted by atomic mass is 32.2. The Balaban J connectivity index is 2.26. The third-order valence-corrected chi connectivity index (χ3v) is 3.67. The second kappa shape index (κ2) is 7.65. The number of methoxy groups -OCH3 is 2. The third kappa shape index (κ3) is 3.74. The molecule has 1 atom stereocenters. The first-order valence-corrected chi connectivity index (χ1v) is 7.56. The minimum atomic E-state index is -3.46. The van der Waals surface area contributed by atoms with E-state index in [4.69, 9.17) is 17.8 Å². The zero-order valence-electron chi connectivity index (χ0n) is 25.3. The Morgan fingerprint density at radius 2 is 2.23 bits per heavy atom. The lowest BCUT2D eigenvalue weighted by Crippen LogP contribution is -2.04. The Bertz CT molecular complexity index is 1460. The van der Waals surface area contributed by atoms with Crippen molar-refractivity contribution < 1.29 is 45.0 Å². The Morgan fingerprint density at radius 1 is 1.38 bits per heavy atom. The summed E-state index contributed by atoms with van der Waals surface area (Å²) in [4.78, 5) is 9.38. The number of nitrogens with one attached hydrogen (secondary N) is 1. The Labute approximate surface area is 168 Å². The number of hydrogen-bond donors (Lipinski definition) is 1. The van der Waals surface area contributed by atoms with Gasteiger partial charge in [-0.1, -0.05) is 0 Å². The maximum Gasteiger partial charge on any atom is 0.387 e. The summed E-state index contributed by atoms with van der Waals surface area (Å²) in [7, 11) is -9.85. The van der Waals surface area contributed by atoms with Crippen molar-refractivity contribution in [3.05, 3.63) is 36.0 Å². The lowest BCUT2D eigenvalue weighted by atomic mass is 10.3. The van der Waals surface area contributed by atoms with Crippen LogP contribution in [0.25, 0.3) is 11.0 Å². The van der Waals surface area contributed by atoms with Crippen LogP contribution in [0.5, 0.6) is 17.2 Å². The number of imidazole rings is 1. The van der Waals surface area contributed by atoms with Gasteiger partial charge < -0.3 is 19.2 Å². The van der Waals surface area contributed by atoms with Gasteiger partial charge >= 0.3 is 6.61 Å². The van der Waals surface area contributed by atoms with Gasteiger partial charge in [-0.2, -0.15) is 8.78 Å². The standard InChI is InChI=1S/C16H15F2N3O4S/c1-23-13-5-6-19-12(14(13)24-2)8-26(22)16-20-10-4-3-9(25-15(17)18)7-11(10)21-16/h3-7,15H,8H2,1-2H3,(H,20,21)/i1D3,2D3,3D,4D,5D,6D,7D,8D2. The van der Waals surface area contributed by atoms with Gasteiger partial charge in [-0.3, -0.25) is 9.19 Å². The number of hydrogen-bond acceptors (Lipinski definition) is 6. The van der Waals surface area contributed by atoms with Gasteiger partial charge in [0, 0.05) is 21.0 Å². The van der Waals surface area contributed by atoms with Crippen molar-refractivity contribution in [3.8, 4) is 17.2 Å². The van der Waals surface area contributed by atoms with E-state index in [0.29, 0.717) is 0 Å². The highest BCUT2D eigenvalue weighted by Crippen LogP contribution is 2.30. The lowest BCUT2D eigenvalue weighted by molar-refractivity contribution is -0.0497. The predicted molar refractivity (Wildman–Crippen MR) is 90.2 cm³/mol. The lowest BCUT2D eigenvalue weighted by Gasteiger charge is -2.10. The largest absolute Gasteiger partial charge is 0.493 e. The molecule has 0 saturated carbocycles. The zero-order chi connectivity index (χ0) is 29.8. The van der Waals surface area contributed by atoms with E-state index in [1.54, 1.807) is 0 Å². The Kier molecular flexibility index (Phi) is 2.31. The molecule has 3 aromatic rings. The zero-order valence-corrected chi connectivity index (χ0v) is 13.1. The van der Waals surface area contributed by atoms with Crippen molar-refractivity contribution in [1.29, 1.82) is 0 Å². The van der Waals surface area contributed by atoms with Crippen molar-refractivity contribution in [3.63, 3.8) is 0 Å². The first-order valence-electron chi connectivity index (χ1n) is 12.9. The van der Waals surface area contributed by atoms with Gasteiger partial charge in [0.05, 0.1) is 62.4 Å². The summed E-state index contributed by atoms with van der Waals surface area (Å²) in [6, 6.07) is -3.80. The molecular weight excluding hydrogens is 368 g/mol. The molecule has 0 aliphatic heterocycles. The van der Waals surface area contributed by atoms with E-state index in [1.807, 2.05) is 0 Å². The van der Waals surface area contributed by atoms with Crippen LogP contribution in [0.15, 0.2) is 35.5 Å². The number of aromatic nitrogens is 3. The van der Waals surface area contributed by atoms with Crippen LogP contribution in [0.3, 0.4) is 0 Å². The van der Waals surface area contributed by atoms with Crippen LogP contribution in [0.2, 0.25) is 0 Å². The summed E-state index contributed by atoms with van der Waals surface area (Å²) < 4.78 is 152. The number of pyridine rings is 1. The first kappa shape index (κ1) is 7.87. The number of aromatic amines is 1. The van der Waals surface area contributed by atoms with Crippen molar-refractivity contribution in [2.75, 3.05) is 14.1 Å². The van der Waals surface area contributed by atoms with Crippen molar-refractivity contribution in [2.24, 2.45) is 0 Å². The number of H-pyrrole nitrogens is 1. The Hall–Kier alpha value is -2.75. The monoisotopic (exact) mass is 396 g/mol. The number of benzene rings is 1. The molecule has 0 saturated heterocycles. The molecule has 0 radical (unpaired) electrons. The average molecular weight is 396 g/mol. The quantitative estimate of drug-likeness (QED) is 0.661. The molecule has 2 aromatic heterocycles. The van der Waals surface area contributed by atoms with Crippen molar-refractivity contribution in [2.45, 2.75) is 17.5 Å². The van der Waals surface area contributed by atoms with Gasteiger partial charge in [-0.05, 0) is 12.1 Å². The van der Waals surface area contributed by atoms with Crippen LogP contribution < -0.4 is 14.2 Å². The molecule has 0 amide bonds. The highest BCUT2D eigenvalue weighted by molar-refractivity contribution is 7.84. The first-order chi connectivity index (χ1) is 17.7. The minimum absolute atomic E-state index is 0.535. The normalized spacial score (nSPS) is 21.1. The second-order valence-corrected chi connectivity index (χ2v) is 5.41. The molecule has 0 aliphatic carbocycles. The van der Waals surface area contributed by atoms with Gasteiger partial charge in [-0.15, -0.1) is 0 Å². The molecular formula is C16H15F2N3O4S. The topological polar surface area (TPSA) is 86.3 Å². The van der Waals surface area contributed by atoms with E-state index in [0.717, 1.165) is 0 Å². The fourth-order valence-corrected chi connectivity index (χ4v) is 2.53. The van der Waals surface area contributed by atoms with Crippen LogP contribution in [-0.2, 0) is 16.5 Å². The van der Waals surface area contributed by atoms with Gasteiger partial charge in [0.1, 0.15) is 5.75 Å². The fourth-order valence-electron chi connectivity index (χ4n) is 1.75. The number of ether oxygens (including phenoxy) is 3. The van der Waals surface area contributed by atoms with Crippen molar-refractivity contribution in [1.82, 2.24) is 15.0 Å². The van der Waals surface area contributed by atoms with E-state index in [9.17, 15) is 13.0 Å². The van der Waals surface area contributed by atoms with Crippen LogP contribution >= 0.6 is 0 Å². The summed E-state index contributed by atoms with van der Waals surface area (Å²) in [6.07, 6.45) is -1.11. The molecule has 7 nitrogen and oxygen atoms in total. The molecule has 2 heterocycles. The molecule has 0 aliphatic rings. The summed E-state index contributed by atoms with van der Waals surface area (Å²) in [5.41, 5.74) is -5.71. The minimum Gasteiger partial charge on any atom is -0.493 e. The van der Waals surface area contributed by atoms with Gasteiger partial charge in [0.25, 0.3) is 0 Å². The van der Waals surface area contributed by atoms with Crippen LogP contribution in [0.1, 0.15) is 23.5 Å². The maximum absolute atomic E-state index is 13.3. The summed E-state index contributed by atoms with van der Waals surface area (Å²) in [6.45, 7) is -3.46. The molecule has 26 heavy (non-hydrogen) atoms. The predicted octanol–water partition coefficient (Wildman–Crippen LogP) is 2.88. The van der Waals surface area contributed by atoms with E-state index in [2.05, 4.69) is 29.2 Å². The highest BCUT2D eigenvalue weighted by Gasteiger charge is 2.17. The molecule has 10 heteroatoms. The van der Waals surface area contributed by atoms with Crippen LogP contribution in [0, 0.1) is 0 Å². The van der Waals surface area contributed by atoms with Gasteiger partial charge in [-0.25, -0.2) is 4.98 Å². The molecule has 3 rings (SSSR count). The number of fused-ring (bicyclic) bond motifs is 1. The summed E-state index contributed by atoms with van der Waals surface area (Å²) in [5, 5.41) is -0.855. The summed E-state index contributed by atoms with van der Waals surface area (Å²) in [5.74, 6) is -3.50. The van der Waals surface area contributed by atoms with E-state index in [1.165, 1.54) is 0 Å². The number of halogens is 2. The van der Waals surface area contributed by atoms with Crippen molar-refractivity contribution >= 4 is 21.8 Å². The number of nitrogens with zero attached hydrogens (tertiary/aromatic N) is 2. The number of rotatable bonds is 7. The molecule has 138 valence electrons. The molecule has 1 N–H and O–H groups in total. The number of alkyl halides is 2. The van der Waals surface area contributed by atoms with Gasteiger partial charge in [0.15, 0.2) is 16.7 Å². The van der Waals surface area contributed by atoms with Crippen LogP contribution in [-0.4, -0.2) is 39.8 Å². The maximum atomic E-state index is 13.3. The van der Waals surface area contributed by atoms with Crippen LogP contribution in [0.4, 0.5) is 8.78 Å². The molecule has 0 fully saturated rings. The van der Waals surface area contributed by atoms with E-state index >= 15 is 0 Å². The molecule has 0 bridgehead atoms. The molecule has 1 unspecified atom stereocenters. The van der Waals surface area contributed by atoms with E-state index < -0.39 is 107 Å². The SMILES string of the molecule is [2H]c1nc(C([2H])([2H])S(=O)c2nc3c([2H])c([2H])c(OC(F)F)c([2H])c3[nH]2)c(OC([2H])([2H])[2H])c(OC([2H])([2H])[2H])c1[2H]. The second-order valence-electron chi connectivity index (χ2n) is 4.28. The Morgan fingerprint density at radius 3 is 3.00 bits per heavy atom. The average Bonchev–Trinajstić information content (AvgIpc) is 3.23. The molecule has 1 aromatic carbocycles. The van der Waals surface area contributed by atoms with E-state index in [-0.39, 0.29) is 0 Å². The smallest absolute Gasteiger partial charge is 0.387 e. The molecule has 0 spiro atoms. The third-order valence-electron chi connectivity index (χ3n) is 2.75. The summed E-state index contributed by atoms with van der Waals surface area (Å²) >= 11 is 0. The fraction of sp³-hybridized carbons (Fsp3) is 0.250.